The lowest BCUT2D eigenvalue weighted by Gasteiger charge is -2.24. The molecule has 1 aliphatic rings. The van der Waals surface area contributed by atoms with Crippen molar-refractivity contribution in [3.8, 4) is 11.5 Å². The van der Waals surface area contributed by atoms with Crippen molar-refractivity contribution in [1.29, 1.82) is 0 Å². The molecule has 5 heteroatoms. The summed E-state index contributed by atoms with van der Waals surface area (Å²) in [5.74, 6) is 1.52. The number of nitrogens with zero attached hydrogens (tertiary/aromatic N) is 1. The molecule has 0 aliphatic carbocycles. The predicted molar refractivity (Wildman–Crippen MR) is 91.3 cm³/mol. The van der Waals surface area contributed by atoms with E-state index in [1.807, 2.05) is 23.1 Å². The van der Waals surface area contributed by atoms with E-state index in [2.05, 4.69) is 17.5 Å². The van der Waals surface area contributed by atoms with Gasteiger partial charge in [-0.05, 0) is 42.0 Å². The van der Waals surface area contributed by atoms with Crippen molar-refractivity contribution in [1.82, 2.24) is 4.90 Å². The molecule has 3 rings (SSSR count). The molecule has 0 saturated carbocycles. The van der Waals surface area contributed by atoms with Crippen LogP contribution in [0.4, 0.5) is 0 Å². The molecule has 1 fully saturated rings. The monoisotopic (exact) mass is 331 g/mol. The molecule has 0 spiro atoms. The molecular formula is C18H21NO3S. The third kappa shape index (κ3) is 3.34. The third-order valence-electron chi connectivity index (χ3n) is 4.25. The first kappa shape index (κ1) is 15.9. The Balaban J connectivity index is 1.74. The molecule has 1 unspecified atom stereocenters. The van der Waals surface area contributed by atoms with Crippen molar-refractivity contribution in [3.05, 3.63) is 46.2 Å². The average molecular weight is 331 g/mol. The van der Waals surface area contributed by atoms with Gasteiger partial charge in [-0.15, -0.1) is 11.3 Å². The maximum absolute atomic E-state index is 12.7. The number of carbonyl (C=O) groups excluding carboxylic acids is 1. The third-order valence-corrected chi connectivity index (χ3v) is 5.22. The second-order valence-corrected chi connectivity index (χ2v) is 6.61. The number of benzene rings is 1. The van der Waals surface area contributed by atoms with Crippen LogP contribution in [0.2, 0.25) is 0 Å². The lowest BCUT2D eigenvalue weighted by Crippen LogP contribution is -2.31. The number of thiophene rings is 1. The van der Waals surface area contributed by atoms with Gasteiger partial charge in [0.05, 0.1) is 26.7 Å². The number of amides is 1. The zero-order valence-electron chi connectivity index (χ0n) is 13.5. The molecule has 1 aromatic carbocycles. The fourth-order valence-electron chi connectivity index (χ4n) is 3.11. The summed E-state index contributed by atoms with van der Waals surface area (Å²) in [6, 6.07) is 10.1. The van der Waals surface area contributed by atoms with Gasteiger partial charge < -0.3 is 14.4 Å². The van der Waals surface area contributed by atoms with Crippen LogP contribution in [-0.4, -0.2) is 31.6 Å². The van der Waals surface area contributed by atoms with E-state index in [4.69, 9.17) is 9.47 Å². The van der Waals surface area contributed by atoms with Crippen LogP contribution in [-0.2, 0) is 11.2 Å². The van der Waals surface area contributed by atoms with Gasteiger partial charge in [-0.1, -0.05) is 12.1 Å². The second-order valence-electron chi connectivity index (χ2n) is 5.63. The van der Waals surface area contributed by atoms with Gasteiger partial charge in [0, 0.05) is 11.4 Å². The van der Waals surface area contributed by atoms with Crippen molar-refractivity contribution in [3.63, 3.8) is 0 Å². The van der Waals surface area contributed by atoms with E-state index < -0.39 is 0 Å². The highest BCUT2D eigenvalue weighted by atomic mass is 32.1. The summed E-state index contributed by atoms with van der Waals surface area (Å²) in [5, 5.41) is 2.07. The van der Waals surface area contributed by atoms with Crippen LogP contribution in [0.3, 0.4) is 0 Å². The van der Waals surface area contributed by atoms with Crippen molar-refractivity contribution in [2.45, 2.75) is 25.3 Å². The van der Waals surface area contributed by atoms with Crippen LogP contribution in [0.15, 0.2) is 35.7 Å². The van der Waals surface area contributed by atoms with Gasteiger partial charge in [0.25, 0.3) is 0 Å². The maximum Gasteiger partial charge on any atom is 0.227 e. The minimum absolute atomic E-state index is 0.174. The van der Waals surface area contributed by atoms with Crippen molar-refractivity contribution < 1.29 is 14.3 Å². The Morgan fingerprint density at radius 3 is 2.78 bits per heavy atom. The van der Waals surface area contributed by atoms with E-state index in [-0.39, 0.29) is 11.9 Å². The zero-order valence-corrected chi connectivity index (χ0v) is 14.3. The maximum atomic E-state index is 12.7. The fourth-order valence-corrected chi connectivity index (χ4v) is 3.98. The molecule has 23 heavy (non-hydrogen) atoms. The smallest absolute Gasteiger partial charge is 0.227 e. The van der Waals surface area contributed by atoms with Gasteiger partial charge in [0.2, 0.25) is 5.91 Å². The van der Waals surface area contributed by atoms with Crippen LogP contribution in [0.25, 0.3) is 0 Å². The fraction of sp³-hybridized carbons (Fsp3) is 0.389. The molecular weight excluding hydrogens is 310 g/mol. The van der Waals surface area contributed by atoms with Gasteiger partial charge in [-0.3, -0.25) is 4.79 Å². The molecule has 1 atom stereocenters. The van der Waals surface area contributed by atoms with Crippen LogP contribution in [0.1, 0.15) is 29.3 Å². The van der Waals surface area contributed by atoms with Crippen LogP contribution < -0.4 is 9.47 Å². The Hall–Kier alpha value is -2.01. The number of carbonyl (C=O) groups is 1. The van der Waals surface area contributed by atoms with E-state index in [0.717, 1.165) is 24.9 Å². The Morgan fingerprint density at radius 1 is 1.26 bits per heavy atom. The Labute approximate surface area is 140 Å². The van der Waals surface area contributed by atoms with Gasteiger partial charge in [0.15, 0.2) is 11.5 Å². The van der Waals surface area contributed by atoms with E-state index in [1.165, 1.54) is 4.88 Å². The lowest BCUT2D eigenvalue weighted by molar-refractivity contribution is -0.131. The molecule has 4 nitrogen and oxygen atoms in total. The van der Waals surface area contributed by atoms with Crippen molar-refractivity contribution in [2.24, 2.45) is 0 Å². The summed E-state index contributed by atoms with van der Waals surface area (Å²) in [6.07, 6.45) is 2.51. The summed E-state index contributed by atoms with van der Waals surface area (Å²) >= 11 is 1.73. The number of likely N-dealkylation sites (tertiary alicyclic amines) is 1. The van der Waals surface area contributed by atoms with Crippen molar-refractivity contribution >= 4 is 17.2 Å². The number of rotatable bonds is 5. The largest absolute Gasteiger partial charge is 0.493 e. The highest BCUT2D eigenvalue weighted by Gasteiger charge is 2.30. The Morgan fingerprint density at radius 2 is 2.09 bits per heavy atom. The number of hydrogen-bond acceptors (Lipinski definition) is 4. The molecule has 0 N–H and O–H groups in total. The van der Waals surface area contributed by atoms with E-state index >= 15 is 0 Å². The topological polar surface area (TPSA) is 38.8 Å². The number of ether oxygens (including phenoxy) is 2. The SMILES string of the molecule is COc1ccc(CC(=O)N2CCCC2c2cccs2)cc1OC. The number of hydrogen-bond donors (Lipinski definition) is 0. The molecule has 122 valence electrons. The molecule has 0 radical (unpaired) electrons. The zero-order chi connectivity index (χ0) is 16.2. The van der Waals surface area contributed by atoms with E-state index in [9.17, 15) is 4.79 Å². The summed E-state index contributed by atoms with van der Waals surface area (Å²) < 4.78 is 10.6. The summed E-state index contributed by atoms with van der Waals surface area (Å²) in [6.45, 7) is 0.842. The Bertz CT molecular complexity index is 669. The molecule has 2 aromatic rings. The predicted octanol–water partition coefficient (Wildman–Crippen LogP) is 3.67. The van der Waals surface area contributed by atoms with Crippen LogP contribution in [0, 0.1) is 0 Å². The normalized spacial score (nSPS) is 17.3. The quantitative estimate of drug-likeness (QED) is 0.839. The molecule has 0 bridgehead atoms. The minimum atomic E-state index is 0.174. The van der Waals surface area contributed by atoms with E-state index in [0.29, 0.717) is 17.9 Å². The molecule has 1 saturated heterocycles. The van der Waals surface area contributed by atoms with Crippen LogP contribution in [0.5, 0.6) is 11.5 Å². The summed E-state index contributed by atoms with van der Waals surface area (Å²) in [5.41, 5.74) is 0.949. The van der Waals surface area contributed by atoms with E-state index in [1.54, 1.807) is 25.6 Å². The first-order chi connectivity index (χ1) is 11.2. The van der Waals surface area contributed by atoms with Gasteiger partial charge in [-0.25, -0.2) is 0 Å². The summed E-state index contributed by atoms with van der Waals surface area (Å²) in [7, 11) is 3.22. The molecule has 1 aliphatic heterocycles. The standard InChI is InChI=1S/C18H21NO3S/c1-21-15-8-7-13(11-16(15)22-2)12-18(20)19-9-3-5-14(19)17-6-4-10-23-17/h4,6-8,10-11,14H,3,5,9,12H2,1-2H3. The summed E-state index contributed by atoms with van der Waals surface area (Å²) in [4.78, 5) is 16.0. The molecule has 2 heterocycles. The molecule has 1 aromatic heterocycles. The number of methoxy groups -OCH3 is 2. The Kier molecular flexibility index (Phi) is 4.86. The van der Waals surface area contributed by atoms with Crippen LogP contribution >= 0.6 is 11.3 Å². The van der Waals surface area contributed by atoms with Gasteiger partial charge in [0.1, 0.15) is 0 Å². The average Bonchev–Trinajstić information content (AvgIpc) is 3.25. The highest BCUT2D eigenvalue weighted by Crippen LogP contribution is 2.35. The van der Waals surface area contributed by atoms with Gasteiger partial charge >= 0.3 is 0 Å². The second kappa shape index (κ2) is 7.04. The minimum Gasteiger partial charge on any atom is -0.493 e. The molecule has 1 amide bonds. The lowest BCUT2D eigenvalue weighted by atomic mass is 10.1. The first-order valence-corrected chi connectivity index (χ1v) is 8.64. The first-order valence-electron chi connectivity index (χ1n) is 7.76. The van der Waals surface area contributed by atoms with Gasteiger partial charge in [-0.2, -0.15) is 0 Å². The van der Waals surface area contributed by atoms with Crippen molar-refractivity contribution in [2.75, 3.05) is 20.8 Å². The highest BCUT2D eigenvalue weighted by molar-refractivity contribution is 7.10.